The highest BCUT2D eigenvalue weighted by Crippen LogP contribution is 2.36. The average Bonchev–Trinajstić information content (AvgIpc) is 2.82. The largest absolute Gasteiger partial charge is 0.395 e. The van der Waals surface area contributed by atoms with Crippen molar-refractivity contribution in [1.82, 2.24) is 14.8 Å². The lowest BCUT2D eigenvalue weighted by Gasteiger charge is -2.34. The molecule has 36 heavy (non-hydrogen) atoms. The Kier molecular flexibility index (Phi) is 8.59. The van der Waals surface area contributed by atoms with E-state index in [-0.39, 0.29) is 12.4 Å². The van der Waals surface area contributed by atoms with Crippen LogP contribution in [-0.4, -0.2) is 65.1 Å². The first-order valence-corrected chi connectivity index (χ1v) is 12.6. The lowest BCUT2D eigenvalue weighted by molar-refractivity contribution is -0.118. The molecule has 0 saturated carbocycles. The standard InChI is InChI=1S/C27H29Cl2FN4O2/c1-17-13-19(30)5-6-20(17)23-14-18(16-34-9-7-33(8-10-34)11-12-35)15-24(32-23)26(27(31)36)25-21(28)3-2-4-22(25)29/h2-6,13-15,26,35H,7-12,16H2,1H3,(H2,31,36). The number of primary amides is 1. The van der Waals surface area contributed by atoms with Crippen molar-refractivity contribution in [3.8, 4) is 11.3 Å². The number of hydrogen-bond donors (Lipinski definition) is 2. The van der Waals surface area contributed by atoms with E-state index in [1.165, 1.54) is 12.1 Å². The van der Waals surface area contributed by atoms with E-state index in [1.807, 2.05) is 19.1 Å². The van der Waals surface area contributed by atoms with Crippen molar-refractivity contribution >= 4 is 29.1 Å². The summed E-state index contributed by atoms with van der Waals surface area (Å²) >= 11 is 12.9. The molecule has 1 aliphatic rings. The summed E-state index contributed by atoms with van der Waals surface area (Å²) < 4.78 is 13.8. The zero-order valence-corrected chi connectivity index (χ0v) is 21.6. The summed E-state index contributed by atoms with van der Waals surface area (Å²) in [7, 11) is 0. The van der Waals surface area contributed by atoms with Gasteiger partial charge in [-0.2, -0.15) is 0 Å². The molecule has 1 unspecified atom stereocenters. The summed E-state index contributed by atoms with van der Waals surface area (Å²) in [5.41, 5.74) is 9.79. The number of β-amino-alcohol motifs (C(OH)–C–C–N with tert-alkyl or cyclic N) is 1. The maximum absolute atomic E-state index is 13.8. The van der Waals surface area contributed by atoms with Crippen LogP contribution in [0.3, 0.4) is 0 Å². The Hall–Kier alpha value is -2.55. The minimum absolute atomic E-state index is 0.146. The molecule has 2 heterocycles. The number of aliphatic hydroxyl groups is 1. The Morgan fingerprint density at radius 2 is 1.75 bits per heavy atom. The molecule has 1 amide bonds. The van der Waals surface area contributed by atoms with E-state index in [0.29, 0.717) is 40.1 Å². The van der Waals surface area contributed by atoms with Crippen LogP contribution in [0.4, 0.5) is 4.39 Å². The van der Waals surface area contributed by atoms with E-state index in [4.69, 9.17) is 33.9 Å². The van der Waals surface area contributed by atoms with Crippen LogP contribution < -0.4 is 5.73 Å². The molecule has 4 rings (SSSR count). The van der Waals surface area contributed by atoms with Crippen molar-refractivity contribution in [2.75, 3.05) is 39.3 Å². The molecule has 6 nitrogen and oxygen atoms in total. The smallest absolute Gasteiger partial charge is 0.231 e. The molecule has 1 saturated heterocycles. The van der Waals surface area contributed by atoms with Gasteiger partial charge in [-0.05, 0) is 60.5 Å². The first kappa shape index (κ1) is 26.5. The number of aliphatic hydroxyl groups excluding tert-OH is 1. The van der Waals surface area contributed by atoms with Gasteiger partial charge in [-0.15, -0.1) is 0 Å². The van der Waals surface area contributed by atoms with Gasteiger partial charge in [-0.25, -0.2) is 4.39 Å². The second-order valence-corrected chi connectivity index (χ2v) is 9.87. The number of aromatic nitrogens is 1. The van der Waals surface area contributed by atoms with Gasteiger partial charge in [0.2, 0.25) is 5.91 Å². The van der Waals surface area contributed by atoms with E-state index in [9.17, 15) is 14.3 Å². The molecule has 1 fully saturated rings. The van der Waals surface area contributed by atoms with Crippen LogP contribution in [0, 0.1) is 12.7 Å². The zero-order chi connectivity index (χ0) is 25.8. The number of piperazine rings is 1. The highest BCUT2D eigenvalue weighted by atomic mass is 35.5. The van der Waals surface area contributed by atoms with Crippen LogP contribution >= 0.6 is 23.2 Å². The summed E-state index contributed by atoms with van der Waals surface area (Å²) in [6.45, 7) is 6.69. The summed E-state index contributed by atoms with van der Waals surface area (Å²) in [6, 6.07) is 13.4. The highest BCUT2D eigenvalue weighted by Gasteiger charge is 2.28. The molecule has 0 bridgehead atoms. The monoisotopic (exact) mass is 530 g/mol. The van der Waals surface area contributed by atoms with Gasteiger partial charge in [0.1, 0.15) is 11.7 Å². The number of pyridine rings is 1. The quantitative estimate of drug-likeness (QED) is 0.455. The van der Waals surface area contributed by atoms with Crippen molar-refractivity contribution < 1.29 is 14.3 Å². The van der Waals surface area contributed by atoms with Crippen LogP contribution in [0.25, 0.3) is 11.3 Å². The van der Waals surface area contributed by atoms with Crippen molar-refractivity contribution in [3.05, 3.63) is 86.8 Å². The minimum Gasteiger partial charge on any atom is -0.395 e. The first-order chi connectivity index (χ1) is 17.3. The van der Waals surface area contributed by atoms with Gasteiger partial charge in [0.05, 0.1) is 18.0 Å². The number of nitrogens with two attached hydrogens (primary N) is 1. The van der Waals surface area contributed by atoms with Crippen LogP contribution in [0.5, 0.6) is 0 Å². The molecule has 3 N–H and O–H groups in total. The Labute approximate surface area is 220 Å². The molecule has 3 aromatic rings. The Morgan fingerprint density at radius 3 is 2.36 bits per heavy atom. The fourth-order valence-corrected chi connectivity index (χ4v) is 5.31. The van der Waals surface area contributed by atoms with Crippen LogP contribution in [0.15, 0.2) is 48.5 Å². The van der Waals surface area contributed by atoms with Gasteiger partial charge in [0.25, 0.3) is 0 Å². The van der Waals surface area contributed by atoms with Crippen LogP contribution in [-0.2, 0) is 11.3 Å². The van der Waals surface area contributed by atoms with E-state index in [1.54, 1.807) is 24.3 Å². The van der Waals surface area contributed by atoms with Crippen molar-refractivity contribution in [3.63, 3.8) is 0 Å². The number of benzene rings is 2. The third-order valence-electron chi connectivity index (χ3n) is 6.53. The molecule has 1 atom stereocenters. The van der Waals surface area contributed by atoms with Crippen molar-refractivity contribution in [1.29, 1.82) is 0 Å². The Morgan fingerprint density at radius 1 is 1.08 bits per heavy atom. The molecule has 0 radical (unpaired) electrons. The number of carbonyl (C=O) groups is 1. The molecule has 1 aromatic heterocycles. The molecule has 190 valence electrons. The summed E-state index contributed by atoms with van der Waals surface area (Å²) in [6.07, 6.45) is 0. The van der Waals surface area contributed by atoms with Gasteiger partial charge in [-0.1, -0.05) is 29.3 Å². The molecule has 0 aliphatic carbocycles. The Balaban J connectivity index is 1.77. The molecule has 2 aromatic carbocycles. The fraction of sp³-hybridized carbons (Fsp3) is 0.333. The number of aryl methyl sites for hydroxylation is 1. The molecule has 1 aliphatic heterocycles. The maximum atomic E-state index is 13.8. The summed E-state index contributed by atoms with van der Waals surface area (Å²) in [4.78, 5) is 22.1. The number of rotatable bonds is 8. The molecular formula is C27H29Cl2FN4O2. The van der Waals surface area contributed by atoms with Gasteiger partial charge in [0.15, 0.2) is 0 Å². The predicted octanol–water partition coefficient (Wildman–Crippen LogP) is 4.23. The second-order valence-electron chi connectivity index (χ2n) is 9.06. The molecule has 9 heteroatoms. The lowest BCUT2D eigenvalue weighted by Crippen LogP contribution is -2.46. The van der Waals surface area contributed by atoms with Gasteiger partial charge in [0, 0.05) is 60.4 Å². The average molecular weight is 531 g/mol. The minimum atomic E-state index is -0.952. The Bertz CT molecular complexity index is 1230. The van der Waals surface area contributed by atoms with E-state index in [2.05, 4.69) is 9.80 Å². The SMILES string of the molecule is Cc1cc(F)ccc1-c1cc(CN2CCN(CCO)CC2)cc(C(C(N)=O)c2c(Cl)cccc2Cl)n1. The van der Waals surface area contributed by atoms with E-state index >= 15 is 0 Å². The maximum Gasteiger partial charge on any atom is 0.231 e. The lowest BCUT2D eigenvalue weighted by atomic mass is 9.92. The summed E-state index contributed by atoms with van der Waals surface area (Å²) in [5, 5.41) is 9.88. The predicted molar refractivity (Wildman–Crippen MR) is 141 cm³/mol. The van der Waals surface area contributed by atoms with E-state index < -0.39 is 11.8 Å². The fourth-order valence-electron chi connectivity index (χ4n) is 4.70. The van der Waals surface area contributed by atoms with Gasteiger partial charge in [-0.3, -0.25) is 19.6 Å². The van der Waals surface area contributed by atoms with Crippen LogP contribution in [0.2, 0.25) is 10.0 Å². The number of hydrogen-bond acceptors (Lipinski definition) is 5. The van der Waals surface area contributed by atoms with Crippen molar-refractivity contribution in [2.45, 2.75) is 19.4 Å². The first-order valence-electron chi connectivity index (χ1n) is 11.8. The third kappa shape index (κ3) is 6.05. The topological polar surface area (TPSA) is 82.7 Å². The third-order valence-corrected chi connectivity index (χ3v) is 7.18. The summed E-state index contributed by atoms with van der Waals surface area (Å²) in [5.74, 6) is -1.90. The number of nitrogens with zero attached hydrogens (tertiary/aromatic N) is 3. The van der Waals surface area contributed by atoms with Crippen LogP contribution in [0.1, 0.15) is 28.3 Å². The zero-order valence-electron chi connectivity index (χ0n) is 20.1. The van der Waals surface area contributed by atoms with Crippen molar-refractivity contribution in [2.24, 2.45) is 5.73 Å². The normalized spacial score (nSPS) is 15.7. The van der Waals surface area contributed by atoms with E-state index in [0.717, 1.165) is 42.9 Å². The number of halogens is 3. The molecule has 0 spiro atoms. The second kappa shape index (κ2) is 11.7. The molecular weight excluding hydrogens is 502 g/mol. The number of amides is 1. The highest BCUT2D eigenvalue weighted by molar-refractivity contribution is 6.36. The number of carbonyl (C=O) groups excluding carboxylic acids is 1. The van der Waals surface area contributed by atoms with Gasteiger partial charge < -0.3 is 10.8 Å². The van der Waals surface area contributed by atoms with Gasteiger partial charge >= 0.3 is 0 Å².